The molecule has 1 heterocycles. The summed E-state index contributed by atoms with van der Waals surface area (Å²) in [4.78, 5) is 40.7. The van der Waals surface area contributed by atoms with E-state index in [1.807, 2.05) is 6.07 Å². The lowest BCUT2D eigenvalue weighted by molar-refractivity contribution is -0.148. The van der Waals surface area contributed by atoms with E-state index in [0.29, 0.717) is 16.7 Å². The van der Waals surface area contributed by atoms with Crippen LogP contribution in [0.25, 0.3) is 10.9 Å². The van der Waals surface area contributed by atoms with E-state index in [-0.39, 0.29) is 37.0 Å². The van der Waals surface area contributed by atoms with Gasteiger partial charge in [0.2, 0.25) is 0 Å². The molecule has 0 unspecified atom stereocenters. The predicted octanol–water partition coefficient (Wildman–Crippen LogP) is 1.86. The van der Waals surface area contributed by atoms with E-state index >= 15 is 0 Å². The molecule has 144 valence electrons. The van der Waals surface area contributed by atoms with Crippen molar-refractivity contribution in [2.75, 3.05) is 6.61 Å². The van der Waals surface area contributed by atoms with Crippen molar-refractivity contribution in [2.24, 2.45) is 7.05 Å². The van der Waals surface area contributed by atoms with E-state index in [2.05, 4.69) is 10.3 Å². The van der Waals surface area contributed by atoms with Crippen LogP contribution in [0.1, 0.15) is 44.3 Å². The number of amides is 1. The molecule has 1 aromatic heterocycles. The van der Waals surface area contributed by atoms with Crippen LogP contribution >= 0.6 is 0 Å². The van der Waals surface area contributed by atoms with Crippen LogP contribution < -0.4 is 10.9 Å². The molecule has 1 amide bonds. The number of aromatic nitrogens is 2. The van der Waals surface area contributed by atoms with Crippen molar-refractivity contribution in [1.29, 1.82) is 0 Å². The Morgan fingerprint density at radius 3 is 2.74 bits per heavy atom. The first-order valence-electron chi connectivity index (χ1n) is 9.44. The molecule has 1 N–H and O–H groups in total. The molecule has 7 nitrogen and oxygen atoms in total. The molecule has 27 heavy (non-hydrogen) atoms. The zero-order valence-corrected chi connectivity index (χ0v) is 15.6. The number of nitrogens with one attached hydrogen (secondary N) is 1. The zero-order valence-electron chi connectivity index (χ0n) is 15.6. The number of carbonyl (C=O) groups excluding carboxylic acids is 2. The number of esters is 1. The summed E-state index contributed by atoms with van der Waals surface area (Å²) in [6, 6.07) is 7.31. The average Bonchev–Trinajstić information content (AvgIpc) is 2.69. The number of nitrogens with zero attached hydrogens (tertiary/aromatic N) is 2. The molecule has 1 aliphatic rings. The maximum atomic E-state index is 12.4. The van der Waals surface area contributed by atoms with Crippen LogP contribution in [0, 0.1) is 0 Å². The van der Waals surface area contributed by atoms with Gasteiger partial charge >= 0.3 is 5.97 Å². The van der Waals surface area contributed by atoms with Gasteiger partial charge in [-0.25, -0.2) is 4.98 Å². The summed E-state index contributed by atoms with van der Waals surface area (Å²) in [5, 5.41) is 3.46. The fourth-order valence-corrected chi connectivity index (χ4v) is 3.44. The number of rotatable bonds is 6. The van der Waals surface area contributed by atoms with Crippen LogP contribution in [0.2, 0.25) is 0 Å². The van der Waals surface area contributed by atoms with Crippen LogP contribution in [0.4, 0.5) is 0 Å². The lowest BCUT2D eigenvalue weighted by Crippen LogP contribution is -2.38. The summed E-state index contributed by atoms with van der Waals surface area (Å²) >= 11 is 0. The maximum absolute atomic E-state index is 12.4. The first kappa shape index (κ1) is 19.1. The Morgan fingerprint density at radius 1 is 1.22 bits per heavy atom. The third kappa shape index (κ3) is 4.93. The SMILES string of the molecule is Cn1c(CCC(=O)OCC(=O)NC2CCCCC2)nc2ccccc2c1=O. The van der Waals surface area contributed by atoms with E-state index in [0.717, 1.165) is 25.7 Å². The lowest BCUT2D eigenvalue weighted by atomic mass is 9.95. The fraction of sp³-hybridized carbons (Fsp3) is 0.500. The second kappa shape index (κ2) is 8.79. The maximum Gasteiger partial charge on any atom is 0.306 e. The van der Waals surface area contributed by atoms with Gasteiger partial charge < -0.3 is 10.1 Å². The van der Waals surface area contributed by atoms with Crippen molar-refractivity contribution < 1.29 is 14.3 Å². The Kier molecular flexibility index (Phi) is 6.21. The molecule has 1 fully saturated rings. The number of para-hydroxylation sites is 1. The molecule has 0 spiro atoms. The van der Waals surface area contributed by atoms with Crippen molar-refractivity contribution >= 4 is 22.8 Å². The van der Waals surface area contributed by atoms with Crippen LogP contribution in [-0.4, -0.2) is 34.1 Å². The Morgan fingerprint density at radius 2 is 1.96 bits per heavy atom. The van der Waals surface area contributed by atoms with Crippen molar-refractivity contribution in [1.82, 2.24) is 14.9 Å². The Balaban J connectivity index is 1.50. The van der Waals surface area contributed by atoms with Crippen LogP contribution in [0.5, 0.6) is 0 Å². The molecule has 1 aliphatic carbocycles. The average molecular weight is 371 g/mol. The Hall–Kier alpha value is -2.70. The topological polar surface area (TPSA) is 90.3 Å². The molecule has 3 rings (SSSR count). The van der Waals surface area contributed by atoms with Gasteiger partial charge in [-0.1, -0.05) is 31.4 Å². The molecule has 0 saturated heterocycles. The second-order valence-electron chi connectivity index (χ2n) is 6.97. The van der Waals surface area contributed by atoms with E-state index in [9.17, 15) is 14.4 Å². The minimum atomic E-state index is -0.476. The molecular formula is C20H25N3O4. The van der Waals surface area contributed by atoms with Crippen LogP contribution in [0.3, 0.4) is 0 Å². The monoisotopic (exact) mass is 371 g/mol. The van der Waals surface area contributed by atoms with Gasteiger partial charge in [0.1, 0.15) is 5.82 Å². The van der Waals surface area contributed by atoms with Gasteiger partial charge in [-0.05, 0) is 25.0 Å². The second-order valence-corrected chi connectivity index (χ2v) is 6.97. The number of aryl methyl sites for hydroxylation is 1. The highest BCUT2D eigenvalue weighted by molar-refractivity contribution is 5.81. The summed E-state index contributed by atoms with van der Waals surface area (Å²) < 4.78 is 6.51. The van der Waals surface area contributed by atoms with E-state index < -0.39 is 5.97 Å². The van der Waals surface area contributed by atoms with Crippen molar-refractivity contribution in [3.63, 3.8) is 0 Å². The highest BCUT2D eigenvalue weighted by atomic mass is 16.5. The fourth-order valence-electron chi connectivity index (χ4n) is 3.44. The van der Waals surface area contributed by atoms with Crippen molar-refractivity contribution in [3.8, 4) is 0 Å². The minimum absolute atomic E-state index is 0.0648. The van der Waals surface area contributed by atoms with Gasteiger partial charge in [0.25, 0.3) is 11.5 Å². The van der Waals surface area contributed by atoms with Gasteiger partial charge in [0.05, 0.1) is 17.3 Å². The van der Waals surface area contributed by atoms with E-state index in [1.54, 1.807) is 25.2 Å². The molecule has 0 atom stereocenters. The predicted molar refractivity (Wildman–Crippen MR) is 101 cm³/mol. The van der Waals surface area contributed by atoms with Gasteiger partial charge in [-0.3, -0.25) is 19.0 Å². The number of hydrogen-bond donors (Lipinski definition) is 1. The third-order valence-electron chi connectivity index (χ3n) is 4.96. The molecule has 0 bridgehead atoms. The van der Waals surface area contributed by atoms with Gasteiger partial charge in [-0.2, -0.15) is 0 Å². The van der Waals surface area contributed by atoms with E-state index in [4.69, 9.17) is 4.74 Å². The standard InChI is InChI=1S/C20H25N3O4/c1-23-17(22-16-10-6-5-9-15(16)20(23)26)11-12-19(25)27-13-18(24)21-14-7-3-2-4-8-14/h5-6,9-10,14H,2-4,7-8,11-13H2,1H3,(H,21,24). The van der Waals surface area contributed by atoms with Crippen molar-refractivity contribution in [3.05, 3.63) is 40.4 Å². The Labute approximate surface area is 157 Å². The van der Waals surface area contributed by atoms with Gasteiger partial charge in [0.15, 0.2) is 6.61 Å². The highest BCUT2D eigenvalue weighted by Crippen LogP contribution is 2.17. The Bertz CT molecular complexity index is 884. The lowest BCUT2D eigenvalue weighted by Gasteiger charge is -2.22. The van der Waals surface area contributed by atoms with Gasteiger partial charge in [0, 0.05) is 19.5 Å². The molecule has 7 heteroatoms. The van der Waals surface area contributed by atoms with Crippen LogP contribution in [-0.2, 0) is 27.8 Å². The molecule has 2 aromatic rings. The summed E-state index contributed by atoms with van der Waals surface area (Å²) in [6.45, 7) is -0.264. The molecule has 0 aliphatic heterocycles. The molecule has 1 aromatic carbocycles. The summed E-state index contributed by atoms with van der Waals surface area (Å²) in [5.74, 6) is -0.218. The highest BCUT2D eigenvalue weighted by Gasteiger charge is 2.17. The summed E-state index contributed by atoms with van der Waals surface area (Å²) in [7, 11) is 1.64. The molecular weight excluding hydrogens is 346 g/mol. The summed E-state index contributed by atoms with van der Waals surface area (Å²) in [6.07, 6.45) is 5.79. The number of fused-ring (bicyclic) bond motifs is 1. The zero-order chi connectivity index (χ0) is 19.2. The first-order chi connectivity index (χ1) is 13.0. The number of benzene rings is 1. The number of hydrogen-bond acceptors (Lipinski definition) is 5. The largest absolute Gasteiger partial charge is 0.456 e. The van der Waals surface area contributed by atoms with Gasteiger partial charge in [-0.15, -0.1) is 0 Å². The molecule has 1 saturated carbocycles. The smallest absolute Gasteiger partial charge is 0.306 e. The van der Waals surface area contributed by atoms with Crippen molar-refractivity contribution in [2.45, 2.75) is 51.0 Å². The quantitative estimate of drug-likeness (QED) is 0.783. The van der Waals surface area contributed by atoms with Crippen LogP contribution in [0.15, 0.2) is 29.1 Å². The normalized spacial score (nSPS) is 14.9. The van der Waals surface area contributed by atoms with E-state index in [1.165, 1.54) is 11.0 Å². The summed E-state index contributed by atoms with van der Waals surface area (Å²) in [5.41, 5.74) is 0.464. The number of carbonyl (C=O) groups is 2. The minimum Gasteiger partial charge on any atom is -0.456 e. The third-order valence-corrected chi connectivity index (χ3v) is 4.96. The first-order valence-corrected chi connectivity index (χ1v) is 9.44. The molecule has 0 radical (unpaired) electrons. The number of ether oxygens (including phenoxy) is 1.